The monoisotopic (exact) mass is 370 g/mol. The molecule has 2 aromatic carbocycles. The molecule has 26 heavy (non-hydrogen) atoms. The molecule has 0 N–H and O–H groups in total. The Bertz CT molecular complexity index is 765. The normalized spacial score (nSPS) is 11.8. The van der Waals surface area contributed by atoms with Crippen LogP contribution in [0.3, 0.4) is 0 Å². The average Bonchev–Trinajstić information content (AvgIpc) is 2.58. The second kappa shape index (κ2) is 7.19. The molecule has 2 aromatic rings. The van der Waals surface area contributed by atoms with Crippen molar-refractivity contribution in [2.75, 3.05) is 0 Å². The van der Waals surface area contributed by atoms with Crippen molar-refractivity contribution in [3.8, 4) is 0 Å². The Hall–Kier alpha value is -2.83. The van der Waals surface area contributed by atoms with E-state index in [4.69, 9.17) is 0 Å². The Labute approximate surface area is 145 Å². The lowest BCUT2D eigenvalue weighted by molar-refractivity contribution is -0.138. The van der Waals surface area contributed by atoms with Crippen molar-refractivity contribution in [1.82, 2.24) is 0 Å². The summed E-state index contributed by atoms with van der Waals surface area (Å²) in [5.41, 5.74) is -1.04. The molecule has 0 aromatic heterocycles. The molecule has 0 amide bonds. The van der Waals surface area contributed by atoms with Crippen LogP contribution < -0.4 is 0 Å². The number of allylic oxidation sites excluding steroid dienone is 2. The molecule has 7 heteroatoms. The van der Waals surface area contributed by atoms with E-state index in [0.29, 0.717) is 0 Å². The molecule has 0 bridgehead atoms. The molecule has 0 fully saturated rings. The number of ketones is 1. The molecule has 0 saturated heterocycles. The molecular formula is C19H12F6O. The first-order chi connectivity index (χ1) is 12.0. The van der Waals surface area contributed by atoms with Gasteiger partial charge in [0.15, 0.2) is 5.78 Å². The van der Waals surface area contributed by atoms with Gasteiger partial charge in [-0.3, -0.25) is 4.79 Å². The van der Waals surface area contributed by atoms with Gasteiger partial charge in [0.25, 0.3) is 0 Å². The molecule has 0 heterocycles. The standard InChI is InChI=1S/C19H12F6O/c1-2-16(26)11-17(12-3-7-14(8-4-12)18(20,21)22)13-5-9-15(10-6-13)19(23,24)25/h2-11H,1H2. The highest BCUT2D eigenvalue weighted by Crippen LogP contribution is 2.33. The quantitative estimate of drug-likeness (QED) is 0.483. The Kier molecular flexibility index (Phi) is 5.39. The van der Waals surface area contributed by atoms with Crippen LogP contribution in [-0.2, 0) is 17.1 Å². The molecule has 0 aliphatic carbocycles. The second-order valence-corrected chi connectivity index (χ2v) is 5.31. The summed E-state index contributed by atoms with van der Waals surface area (Å²) < 4.78 is 76.1. The van der Waals surface area contributed by atoms with E-state index >= 15 is 0 Å². The first-order valence-electron chi connectivity index (χ1n) is 7.26. The minimum absolute atomic E-state index is 0.192. The molecule has 0 radical (unpaired) electrons. The fraction of sp³-hybridized carbons (Fsp3) is 0.105. The minimum Gasteiger partial charge on any atom is -0.290 e. The number of hydrogen-bond acceptors (Lipinski definition) is 1. The van der Waals surface area contributed by atoms with Crippen molar-refractivity contribution in [2.24, 2.45) is 0 Å². The van der Waals surface area contributed by atoms with E-state index in [1.54, 1.807) is 0 Å². The molecule has 0 spiro atoms. The number of hydrogen-bond donors (Lipinski definition) is 0. The predicted octanol–water partition coefficient (Wildman–Crippen LogP) is 5.91. The zero-order valence-corrected chi connectivity index (χ0v) is 13.2. The molecule has 1 nitrogen and oxygen atoms in total. The Balaban J connectivity index is 2.50. The molecule has 0 aliphatic heterocycles. The van der Waals surface area contributed by atoms with Crippen LogP contribution in [0.2, 0.25) is 0 Å². The highest BCUT2D eigenvalue weighted by atomic mass is 19.4. The fourth-order valence-electron chi connectivity index (χ4n) is 2.21. The van der Waals surface area contributed by atoms with Crippen molar-refractivity contribution in [3.63, 3.8) is 0 Å². The van der Waals surface area contributed by atoms with Crippen LogP contribution in [0.4, 0.5) is 26.3 Å². The number of benzene rings is 2. The summed E-state index contributed by atoms with van der Waals surface area (Å²) in [6.07, 6.45) is -6.94. The summed E-state index contributed by atoms with van der Waals surface area (Å²) in [4.78, 5) is 11.7. The van der Waals surface area contributed by atoms with E-state index in [9.17, 15) is 31.1 Å². The lowest BCUT2D eigenvalue weighted by Crippen LogP contribution is -2.05. The highest BCUT2D eigenvalue weighted by Gasteiger charge is 2.31. The lowest BCUT2D eigenvalue weighted by Gasteiger charge is -2.12. The zero-order valence-electron chi connectivity index (χ0n) is 13.2. The maximum absolute atomic E-state index is 12.7. The van der Waals surface area contributed by atoms with Gasteiger partial charge in [0.1, 0.15) is 0 Å². The summed E-state index contributed by atoms with van der Waals surface area (Å²) in [5, 5.41) is 0. The zero-order chi connectivity index (χ0) is 19.5. The predicted molar refractivity (Wildman–Crippen MR) is 85.2 cm³/mol. The van der Waals surface area contributed by atoms with Gasteiger partial charge < -0.3 is 0 Å². The molecule has 0 unspecified atom stereocenters. The van der Waals surface area contributed by atoms with E-state index in [-0.39, 0.29) is 16.7 Å². The van der Waals surface area contributed by atoms with Gasteiger partial charge in [-0.15, -0.1) is 0 Å². The van der Waals surface area contributed by atoms with Crippen molar-refractivity contribution in [2.45, 2.75) is 12.4 Å². The van der Waals surface area contributed by atoms with Gasteiger partial charge >= 0.3 is 12.4 Å². The summed E-state index contributed by atoms with van der Waals surface area (Å²) in [6.45, 7) is 3.30. The summed E-state index contributed by atoms with van der Waals surface area (Å²) in [7, 11) is 0. The van der Waals surface area contributed by atoms with Gasteiger partial charge in [-0.05, 0) is 53.1 Å². The van der Waals surface area contributed by atoms with Crippen LogP contribution in [0.15, 0.2) is 67.3 Å². The molecule has 136 valence electrons. The molecular weight excluding hydrogens is 358 g/mol. The minimum atomic E-state index is -4.52. The Morgan fingerprint density at radius 2 is 1.08 bits per heavy atom. The highest BCUT2D eigenvalue weighted by molar-refractivity contribution is 6.06. The smallest absolute Gasteiger partial charge is 0.290 e. The Morgan fingerprint density at radius 1 is 0.731 bits per heavy atom. The van der Waals surface area contributed by atoms with E-state index in [0.717, 1.165) is 60.7 Å². The Morgan fingerprint density at radius 3 is 1.35 bits per heavy atom. The van der Waals surface area contributed by atoms with Crippen molar-refractivity contribution in [1.29, 1.82) is 0 Å². The number of carbonyl (C=O) groups excluding carboxylic acids is 1. The van der Waals surface area contributed by atoms with Crippen LogP contribution >= 0.6 is 0 Å². The van der Waals surface area contributed by atoms with Gasteiger partial charge in [-0.25, -0.2) is 0 Å². The number of carbonyl (C=O) groups is 1. The van der Waals surface area contributed by atoms with Crippen LogP contribution in [0.25, 0.3) is 5.57 Å². The molecule has 0 atom stereocenters. The SMILES string of the molecule is C=CC(=O)C=C(c1ccc(C(F)(F)F)cc1)c1ccc(C(F)(F)F)cc1. The van der Waals surface area contributed by atoms with Crippen LogP contribution in [0, 0.1) is 0 Å². The first-order valence-corrected chi connectivity index (χ1v) is 7.26. The molecule has 0 aliphatic rings. The number of alkyl halides is 6. The number of rotatable bonds is 4. The summed E-state index contributed by atoms with van der Waals surface area (Å²) in [5.74, 6) is -0.528. The van der Waals surface area contributed by atoms with Crippen LogP contribution in [0.5, 0.6) is 0 Å². The largest absolute Gasteiger partial charge is 0.416 e. The van der Waals surface area contributed by atoms with Gasteiger partial charge in [0.05, 0.1) is 11.1 Å². The fourth-order valence-corrected chi connectivity index (χ4v) is 2.21. The molecule has 0 saturated carbocycles. The topological polar surface area (TPSA) is 17.1 Å². The maximum atomic E-state index is 12.7. The summed E-state index contributed by atoms with van der Waals surface area (Å²) >= 11 is 0. The third-order valence-corrected chi connectivity index (χ3v) is 3.53. The van der Waals surface area contributed by atoms with Gasteiger partial charge in [-0.2, -0.15) is 26.3 Å². The lowest BCUT2D eigenvalue weighted by atomic mass is 9.95. The molecule has 2 rings (SSSR count). The van der Waals surface area contributed by atoms with Gasteiger partial charge in [-0.1, -0.05) is 30.8 Å². The van der Waals surface area contributed by atoms with E-state index in [1.807, 2.05) is 0 Å². The third kappa shape index (κ3) is 4.62. The third-order valence-electron chi connectivity index (χ3n) is 3.53. The first kappa shape index (κ1) is 19.5. The average molecular weight is 370 g/mol. The summed E-state index contributed by atoms with van der Waals surface area (Å²) in [6, 6.07) is 7.98. The van der Waals surface area contributed by atoms with Crippen molar-refractivity contribution >= 4 is 11.4 Å². The van der Waals surface area contributed by atoms with Crippen molar-refractivity contribution in [3.05, 3.63) is 89.5 Å². The van der Waals surface area contributed by atoms with Gasteiger partial charge in [0, 0.05) is 0 Å². The van der Waals surface area contributed by atoms with E-state index in [1.165, 1.54) is 0 Å². The van der Waals surface area contributed by atoms with Crippen molar-refractivity contribution < 1.29 is 31.1 Å². The maximum Gasteiger partial charge on any atom is 0.416 e. The van der Waals surface area contributed by atoms with E-state index in [2.05, 4.69) is 6.58 Å². The number of halogens is 6. The van der Waals surface area contributed by atoms with Gasteiger partial charge in [0.2, 0.25) is 0 Å². The second-order valence-electron chi connectivity index (χ2n) is 5.31. The van der Waals surface area contributed by atoms with E-state index < -0.39 is 29.3 Å². The van der Waals surface area contributed by atoms with Crippen LogP contribution in [-0.4, -0.2) is 5.78 Å². The van der Waals surface area contributed by atoms with Crippen LogP contribution in [0.1, 0.15) is 22.3 Å².